The van der Waals surface area contributed by atoms with Crippen LogP contribution in [0.4, 0.5) is 0 Å². The number of carbonyl (C=O) groups excluding carboxylic acids is 1. The van der Waals surface area contributed by atoms with Crippen molar-refractivity contribution in [2.75, 3.05) is 13.6 Å². The van der Waals surface area contributed by atoms with Gasteiger partial charge < -0.3 is 4.90 Å². The summed E-state index contributed by atoms with van der Waals surface area (Å²) in [6, 6.07) is 1.76. The van der Waals surface area contributed by atoms with Crippen LogP contribution in [0.5, 0.6) is 0 Å². The molecule has 0 aliphatic heterocycles. The van der Waals surface area contributed by atoms with Gasteiger partial charge in [-0.1, -0.05) is 32.6 Å². The molecule has 0 N–H and O–H groups in total. The van der Waals surface area contributed by atoms with Crippen LogP contribution in [0.1, 0.15) is 71.1 Å². The predicted molar refractivity (Wildman–Crippen MR) is 86.2 cm³/mol. The Balaban J connectivity index is 1.58. The Hall–Kier alpha value is -0.570. The fourth-order valence-electron chi connectivity index (χ4n) is 4.60. The molecule has 0 bridgehead atoms. The molecule has 0 radical (unpaired) electrons. The Kier molecular flexibility index (Phi) is 4.88. The van der Waals surface area contributed by atoms with Crippen molar-refractivity contribution in [1.29, 1.82) is 0 Å². The number of hydrogen-bond donors (Lipinski definition) is 0. The van der Waals surface area contributed by atoms with Crippen LogP contribution in [0, 0.1) is 5.92 Å². The predicted octanol–water partition coefficient (Wildman–Crippen LogP) is 3.43. The smallest absolute Gasteiger partial charge is 0.237 e. The van der Waals surface area contributed by atoms with E-state index in [0.717, 1.165) is 5.92 Å². The molecule has 3 aliphatic carbocycles. The summed E-state index contributed by atoms with van der Waals surface area (Å²) in [6.45, 7) is 3.00. The van der Waals surface area contributed by atoms with Gasteiger partial charge in [-0.3, -0.25) is 9.69 Å². The molecule has 2 unspecified atom stereocenters. The van der Waals surface area contributed by atoms with Crippen molar-refractivity contribution in [2.45, 2.75) is 89.3 Å². The normalized spacial score (nSPS) is 30.8. The van der Waals surface area contributed by atoms with Crippen LogP contribution in [0.15, 0.2) is 0 Å². The molecule has 0 aromatic carbocycles. The number of amides is 1. The summed E-state index contributed by atoms with van der Waals surface area (Å²) in [6.07, 6.45) is 12.9. The minimum absolute atomic E-state index is 0.407. The van der Waals surface area contributed by atoms with Crippen molar-refractivity contribution in [3.63, 3.8) is 0 Å². The lowest BCUT2D eigenvalue weighted by atomic mass is 9.85. The van der Waals surface area contributed by atoms with Crippen LogP contribution in [0.2, 0.25) is 0 Å². The highest BCUT2D eigenvalue weighted by atomic mass is 16.2. The monoisotopic (exact) mass is 292 g/mol. The molecular formula is C18H32N2O. The number of hydrogen-bond acceptors (Lipinski definition) is 2. The zero-order chi connectivity index (χ0) is 14.8. The largest absolute Gasteiger partial charge is 0.336 e. The third kappa shape index (κ3) is 3.61. The zero-order valence-electron chi connectivity index (χ0n) is 13.9. The van der Waals surface area contributed by atoms with E-state index < -0.39 is 0 Å². The Morgan fingerprint density at radius 3 is 2.10 bits per heavy atom. The first-order valence-corrected chi connectivity index (χ1v) is 9.18. The Bertz CT molecular complexity index is 360. The van der Waals surface area contributed by atoms with Gasteiger partial charge in [0, 0.05) is 18.1 Å². The molecule has 120 valence electrons. The van der Waals surface area contributed by atoms with Gasteiger partial charge in [-0.05, 0) is 51.5 Å². The van der Waals surface area contributed by atoms with Gasteiger partial charge in [-0.2, -0.15) is 0 Å². The molecule has 0 saturated heterocycles. The van der Waals surface area contributed by atoms with Crippen molar-refractivity contribution < 1.29 is 4.79 Å². The summed E-state index contributed by atoms with van der Waals surface area (Å²) < 4.78 is 0. The Labute approximate surface area is 130 Å². The molecule has 21 heavy (non-hydrogen) atoms. The molecule has 3 rings (SSSR count). The van der Waals surface area contributed by atoms with Gasteiger partial charge in [0.25, 0.3) is 0 Å². The molecule has 1 amide bonds. The molecule has 3 saturated carbocycles. The van der Waals surface area contributed by atoms with E-state index in [1.165, 1.54) is 64.2 Å². The molecule has 2 atom stereocenters. The molecule has 0 aromatic heterocycles. The first-order chi connectivity index (χ1) is 10.2. The maximum absolute atomic E-state index is 12.9. The third-order valence-electron chi connectivity index (χ3n) is 5.96. The van der Waals surface area contributed by atoms with E-state index in [1.54, 1.807) is 0 Å². The van der Waals surface area contributed by atoms with Gasteiger partial charge in [-0.25, -0.2) is 0 Å². The van der Waals surface area contributed by atoms with Crippen LogP contribution in [-0.2, 0) is 4.79 Å². The lowest BCUT2D eigenvalue weighted by molar-refractivity contribution is -0.136. The molecule has 3 fully saturated rings. The van der Waals surface area contributed by atoms with Gasteiger partial charge in [0.2, 0.25) is 5.91 Å². The molecule has 3 nitrogen and oxygen atoms in total. The minimum Gasteiger partial charge on any atom is -0.336 e. The molecule has 0 spiro atoms. The first-order valence-electron chi connectivity index (χ1n) is 9.18. The highest BCUT2D eigenvalue weighted by Gasteiger charge is 2.39. The molecular weight excluding hydrogens is 260 g/mol. The zero-order valence-corrected chi connectivity index (χ0v) is 13.9. The van der Waals surface area contributed by atoms with E-state index >= 15 is 0 Å². The minimum atomic E-state index is 0.407. The average Bonchev–Trinajstić information content (AvgIpc) is 3.13. The first kappa shape index (κ1) is 15.3. The number of nitrogens with zero attached hydrogens (tertiary/aromatic N) is 2. The highest BCUT2D eigenvalue weighted by molar-refractivity contribution is 5.79. The topological polar surface area (TPSA) is 23.6 Å². The summed E-state index contributed by atoms with van der Waals surface area (Å²) in [5, 5.41) is 0. The van der Waals surface area contributed by atoms with E-state index in [1.807, 2.05) is 0 Å². The van der Waals surface area contributed by atoms with E-state index in [-0.39, 0.29) is 0 Å². The number of carbonyl (C=O) groups is 1. The lowest BCUT2D eigenvalue weighted by Gasteiger charge is -2.38. The summed E-state index contributed by atoms with van der Waals surface area (Å²) in [4.78, 5) is 17.5. The van der Waals surface area contributed by atoms with Gasteiger partial charge in [-0.15, -0.1) is 0 Å². The molecule has 0 aromatic rings. The van der Waals surface area contributed by atoms with E-state index in [0.29, 0.717) is 30.6 Å². The number of rotatable bonds is 5. The second-order valence-electron chi connectivity index (χ2n) is 7.71. The third-order valence-corrected chi connectivity index (χ3v) is 5.96. The standard InChI is InChI=1S/C18H32N2O/c1-14-7-3-6-10-17(14)19(2)13-18(21)20(16-11-12-16)15-8-4-5-9-15/h14-17H,3-13H2,1-2H3. The van der Waals surface area contributed by atoms with Crippen molar-refractivity contribution in [1.82, 2.24) is 9.80 Å². The van der Waals surface area contributed by atoms with E-state index in [2.05, 4.69) is 23.8 Å². The van der Waals surface area contributed by atoms with Crippen LogP contribution in [0.25, 0.3) is 0 Å². The SMILES string of the molecule is CC1CCCCC1N(C)CC(=O)N(C1CCCC1)C1CC1. The van der Waals surface area contributed by atoms with Crippen molar-refractivity contribution >= 4 is 5.91 Å². The fourth-order valence-corrected chi connectivity index (χ4v) is 4.60. The van der Waals surface area contributed by atoms with Crippen molar-refractivity contribution in [2.24, 2.45) is 5.92 Å². The summed E-state index contributed by atoms with van der Waals surface area (Å²) in [7, 11) is 2.17. The molecule has 3 aliphatic rings. The van der Waals surface area contributed by atoms with E-state index in [4.69, 9.17) is 0 Å². The van der Waals surface area contributed by atoms with Crippen LogP contribution in [0.3, 0.4) is 0 Å². The van der Waals surface area contributed by atoms with Crippen LogP contribution < -0.4 is 0 Å². The van der Waals surface area contributed by atoms with Gasteiger partial charge in [0.1, 0.15) is 0 Å². The Morgan fingerprint density at radius 2 is 1.48 bits per heavy atom. The maximum Gasteiger partial charge on any atom is 0.237 e. The lowest BCUT2D eigenvalue weighted by Crippen LogP contribution is -2.49. The van der Waals surface area contributed by atoms with Crippen LogP contribution >= 0.6 is 0 Å². The van der Waals surface area contributed by atoms with Gasteiger partial charge >= 0.3 is 0 Å². The highest BCUT2D eigenvalue weighted by Crippen LogP contribution is 2.35. The van der Waals surface area contributed by atoms with Crippen molar-refractivity contribution in [3.8, 4) is 0 Å². The molecule has 3 heteroatoms. The second-order valence-corrected chi connectivity index (χ2v) is 7.71. The van der Waals surface area contributed by atoms with Gasteiger partial charge in [0.05, 0.1) is 6.54 Å². The Morgan fingerprint density at radius 1 is 0.905 bits per heavy atom. The molecule has 0 heterocycles. The average molecular weight is 292 g/mol. The van der Waals surface area contributed by atoms with Crippen molar-refractivity contribution in [3.05, 3.63) is 0 Å². The summed E-state index contributed by atoms with van der Waals surface area (Å²) in [5.41, 5.74) is 0. The quantitative estimate of drug-likeness (QED) is 0.775. The maximum atomic E-state index is 12.9. The summed E-state index contributed by atoms with van der Waals surface area (Å²) in [5.74, 6) is 1.15. The van der Waals surface area contributed by atoms with Gasteiger partial charge in [0.15, 0.2) is 0 Å². The number of likely N-dealkylation sites (N-methyl/N-ethyl adjacent to an activating group) is 1. The van der Waals surface area contributed by atoms with Crippen LogP contribution in [-0.4, -0.2) is 47.4 Å². The second kappa shape index (κ2) is 6.68. The summed E-state index contributed by atoms with van der Waals surface area (Å²) >= 11 is 0. The fraction of sp³-hybridized carbons (Fsp3) is 0.944. The van der Waals surface area contributed by atoms with E-state index in [9.17, 15) is 4.79 Å².